The second-order valence-electron chi connectivity index (χ2n) is 6.10. The molecule has 0 bridgehead atoms. The first-order valence-electron chi connectivity index (χ1n) is 8.60. The largest absolute Gasteiger partial charge is 0.493 e. The van der Waals surface area contributed by atoms with Crippen molar-refractivity contribution >= 4 is 27.5 Å². The zero-order valence-electron chi connectivity index (χ0n) is 15.6. The lowest BCUT2D eigenvalue weighted by Crippen LogP contribution is -2.26. The number of para-hydroxylation sites is 1. The van der Waals surface area contributed by atoms with E-state index in [1.807, 2.05) is 6.07 Å². The molecule has 0 atom stereocenters. The fourth-order valence-electron chi connectivity index (χ4n) is 2.79. The van der Waals surface area contributed by atoms with Crippen LogP contribution >= 0.6 is 0 Å². The topological polar surface area (TPSA) is 106 Å². The Labute approximate surface area is 163 Å². The number of carbonyl (C=O) groups excluding carboxylic acids is 1. The zero-order valence-corrected chi connectivity index (χ0v) is 16.4. The molecule has 0 saturated carbocycles. The minimum absolute atomic E-state index is 0.108. The van der Waals surface area contributed by atoms with Gasteiger partial charge in [-0.25, -0.2) is 0 Å². The van der Waals surface area contributed by atoms with Crippen molar-refractivity contribution in [3.8, 4) is 11.5 Å². The standard InChI is InChI=1S/C19H21N3O5S/c1-26-15-8-7-13(11-16(15)27-2)12-20-19(23)10-9-18-21-14-5-3-4-6-17(14)28(24,25)22-18/h3-8,11H,9-10,12H2,1-2H3,(H,20,23)(H,21,22). The number of hydrogen-bond acceptors (Lipinski definition) is 6. The van der Waals surface area contributed by atoms with Crippen LogP contribution in [0.2, 0.25) is 0 Å². The molecule has 148 valence electrons. The summed E-state index contributed by atoms with van der Waals surface area (Å²) in [5, 5.41) is 5.77. The van der Waals surface area contributed by atoms with E-state index >= 15 is 0 Å². The summed E-state index contributed by atoms with van der Waals surface area (Å²) < 4.78 is 38.6. The van der Waals surface area contributed by atoms with Crippen LogP contribution in [-0.4, -0.2) is 34.4 Å². The molecule has 0 radical (unpaired) electrons. The number of amidine groups is 1. The quantitative estimate of drug-likeness (QED) is 0.735. The van der Waals surface area contributed by atoms with Gasteiger partial charge in [-0.2, -0.15) is 8.42 Å². The number of sulfonamides is 1. The SMILES string of the molecule is COc1ccc(CNC(=O)CCC2=NS(=O)(=O)c3ccccc3N2)cc1OC. The van der Waals surface area contributed by atoms with E-state index in [0.29, 0.717) is 23.7 Å². The molecule has 1 aliphatic rings. The van der Waals surface area contributed by atoms with E-state index < -0.39 is 10.0 Å². The summed E-state index contributed by atoms with van der Waals surface area (Å²) in [7, 11) is -0.639. The molecule has 1 heterocycles. The van der Waals surface area contributed by atoms with Crippen molar-refractivity contribution in [3.05, 3.63) is 48.0 Å². The average Bonchev–Trinajstić information content (AvgIpc) is 2.70. The van der Waals surface area contributed by atoms with Crippen molar-refractivity contribution in [2.75, 3.05) is 19.5 Å². The van der Waals surface area contributed by atoms with Gasteiger partial charge < -0.3 is 20.1 Å². The summed E-state index contributed by atoms with van der Waals surface area (Å²) in [6, 6.07) is 11.9. The fraction of sp³-hybridized carbons (Fsp3) is 0.263. The van der Waals surface area contributed by atoms with Gasteiger partial charge >= 0.3 is 0 Å². The van der Waals surface area contributed by atoms with E-state index in [1.54, 1.807) is 44.6 Å². The smallest absolute Gasteiger partial charge is 0.286 e. The van der Waals surface area contributed by atoms with E-state index in [0.717, 1.165) is 5.56 Å². The molecule has 1 aliphatic heterocycles. The monoisotopic (exact) mass is 403 g/mol. The van der Waals surface area contributed by atoms with Crippen LogP contribution in [0.3, 0.4) is 0 Å². The highest BCUT2D eigenvalue weighted by atomic mass is 32.2. The van der Waals surface area contributed by atoms with Crippen LogP contribution in [0, 0.1) is 0 Å². The highest BCUT2D eigenvalue weighted by molar-refractivity contribution is 7.90. The Morgan fingerprint density at radius 3 is 2.61 bits per heavy atom. The summed E-state index contributed by atoms with van der Waals surface area (Å²) >= 11 is 0. The molecule has 0 aromatic heterocycles. The summed E-state index contributed by atoms with van der Waals surface area (Å²) in [5.41, 5.74) is 1.33. The summed E-state index contributed by atoms with van der Waals surface area (Å²) in [5.74, 6) is 1.23. The fourth-order valence-corrected chi connectivity index (χ4v) is 3.96. The molecule has 8 nitrogen and oxygen atoms in total. The number of benzene rings is 2. The van der Waals surface area contributed by atoms with Gasteiger partial charge in [0.05, 0.1) is 19.9 Å². The predicted octanol–water partition coefficient (Wildman–Crippen LogP) is 2.31. The lowest BCUT2D eigenvalue weighted by Gasteiger charge is -2.17. The maximum atomic E-state index is 12.2. The number of carbonyl (C=O) groups is 1. The molecule has 0 saturated heterocycles. The Bertz CT molecular complexity index is 1020. The first kappa shape index (κ1) is 19.7. The third-order valence-electron chi connectivity index (χ3n) is 4.20. The number of ether oxygens (including phenoxy) is 2. The molecule has 1 amide bonds. The van der Waals surface area contributed by atoms with Gasteiger partial charge in [-0.15, -0.1) is 4.40 Å². The molecule has 0 unspecified atom stereocenters. The van der Waals surface area contributed by atoms with Gasteiger partial charge in [0.2, 0.25) is 5.91 Å². The first-order valence-corrected chi connectivity index (χ1v) is 10.0. The second kappa shape index (κ2) is 8.30. The molecule has 0 fully saturated rings. The van der Waals surface area contributed by atoms with E-state index in [2.05, 4.69) is 15.0 Å². The van der Waals surface area contributed by atoms with Crippen LogP contribution < -0.4 is 20.1 Å². The van der Waals surface area contributed by atoms with Crippen molar-refractivity contribution in [2.45, 2.75) is 24.3 Å². The van der Waals surface area contributed by atoms with Gasteiger partial charge in [-0.05, 0) is 29.8 Å². The molecule has 9 heteroatoms. The number of hydrogen-bond donors (Lipinski definition) is 2. The minimum atomic E-state index is -3.74. The van der Waals surface area contributed by atoms with Crippen molar-refractivity contribution in [1.82, 2.24) is 5.32 Å². The Morgan fingerprint density at radius 1 is 1.11 bits per heavy atom. The maximum absolute atomic E-state index is 12.2. The highest BCUT2D eigenvalue weighted by Crippen LogP contribution is 2.28. The molecular formula is C19H21N3O5S. The van der Waals surface area contributed by atoms with E-state index in [4.69, 9.17) is 9.47 Å². The minimum Gasteiger partial charge on any atom is -0.493 e. The molecule has 3 rings (SSSR count). The number of rotatable bonds is 7. The Hall–Kier alpha value is -3.07. The van der Waals surface area contributed by atoms with Crippen LogP contribution in [0.5, 0.6) is 11.5 Å². The van der Waals surface area contributed by atoms with Crippen molar-refractivity contribution in [3.63, 3.8) is 0 Å². The zero-order chi connectivity index (χ0) is 20.1. The molecule has 0 aliphatic carbocycles. The summed E-state index contributed by atoms with van der Waals surface area (Å²) in [6.07, 6.45) is 0.294. The van der Waals surface area contributed by atoms with Gasteiger partial charge in [0, 0.05) is 19.4 Å². The first-order chi connectivity index (χ1) is 13.4. The summed E-state index contributed by atoms with van der Waals surface area (Å²) in [6.45, 7) is 0.320. The highest BCUT2D eigenvalue weighted by Gasteiger charge is 2.24. The second-order valence-corrected chi connectivity index (χ2v) is 7.67. The molecule has 28 heavy (non-hydrogen) atoms. The Kier molecular flexibility index (Phi) is 5.84. The van der Waals surface area contributed by atoms with E-state index in [9.17, 15) is 13.2 Å². The van der Waals surface area contributed by atoms with Gasteiger partial charge in [0.25, 0.3) is 10.0 Å². The van der Waals surface area contributed by atoms with Crippen LogP contribution in [0.15, 0.2) is 51.8 Å². The normalized spacial score (nSPS) is 14.3. The third-order valence-corrected chi connectivity index (χ3v) is 5.57. The lowest BCUT2D eigenvalue weighted by atomic mass is 10.2. The molecule has 2 aromatic rings. The van der Waals surface area contributed by atoms with Crippen molar-refractivity contribution in [1.29, 1.82) is 0 Å². The molecule has 0 spiro atoms. The van der Waals surface area contributed by atoms with Crippen molar-refractivity contribution in [2.24, 2.45) is 4.40 Å². The number of nitrogens with one attached hydrogen (secondary N) is 2. The Balaban J connectivity index is 1.56. The maximum Gasteiger partial charge on any atom is 0.286 e. The number of fused-ring (bicyclic) bond motifs is 1. The molecule has 2 aromatic carbocycles. The van der Waals surface area contributed by atoms with Crippen LogP contribution in [0.25, 0.3) is 0 Å². The summed E-state index contributed by atoms with van der Waals surface area (Å²) in [4.78, 5) is 12.3. The van der Waals surface area contributed by atoms with Crippen LogP contribution in [0.4, 0.5) is 5.69 Å². The van der Waals surface area contributed by atoms with Gasteiger partial charge in [0.15, 0.2) is 11.5 Å². The average molecular weight is 403 g/mol. The van der Waals surface area contributed by atoms with Gasteiger partial charge in [-0.1, -0.05) is 18.2 Å². The molecule has 2 N–H and O–H groups in total. The predicted molar refractivity (Wildman–Crippen MR) is 105 cm³/mol. The van der Waals surface area contributed by atoms with Crippen molar-refractivity contribution < 1.29 is 22.7 Å². The lowest BCUT2D eigenvalue weighted by molar-refractivity contribution is -0.121. The number of anilines is 1. The van der Waals surface area contributed by atoms with Crippen LogP contribution in [0.1, 0.15) is 18.4 Å². The van der Waals surface area contributed by atoms with Gasteiger partial charge in [-0.3, -0.25) is 4.79 Å². The Morgan fingerprint density at radius 2 is 1.86 bits per heavy atom. The molecular weight excluding hydrogens is 382 g/mol. The third kappa shape index (κ3) is 4.42. The van der Waals surface area contributed by atoms with Gasteiger partial charge in [0.1, 0.15) is 10.7 Å². The number of methoxy groups -OCH3 is 2. The number of nitrogens with zero attached hydrogens (tertiary/aromatic N) is 1. The van der Waals surface area contributed by atoms with E-state index in [-0.39, 0.29) is 29.5 Å². The van der Waals surface area contributed by atoms with Crippen LogP contribution in [-0.2, 0) is 21.4 Å². The van der Waals surface area contributed by atoms with E-state index in [1.165, 1.54) is 6.07 Å². The number of amides is 1.